The highest BCUT2D eigenvalue weighted by atomic mass is 16.5. The van der Waals surface area contributed by atoms with Crippen LogP contribution < -0.4 is 15.4 Å². The molecule has 5 heteroatoms. The van der Waals surface area contributed by atoms with E-state index in [0.717, 1.165) is 23.3 Å². The van der Waals surface area contributed by atoms with E-state index in [1.807, 2.05) is 69.3 Å². The van der Waals surface area contributed by atoms with Crippen molar-refractivity contribution in [1.29, 1.82) is 0 Å². The Kier molecular flexibility index (Phi) is 6.42. The van der Waals surface area contributed by atoms with Gasteiger partial charge in [0.15, 0.2) is 0 Å². The molecule has 134 valence electrons. The summed E-state index contributed by atoms with van der Waals surface area (Å²) < 4.78 is 5.75. The van der Waals surface area contributed by atoms with Gasteiger partial charge >= 0.3 is 6.03 Å². The Bertz CT molecular complexity index is 674. The first kappa shape index (κ1) is 18.8. The van der Waals surface area contributed by atoms with Crippen LogP contribution in [0.5, 0.6) is 5.75 Å². The van der Waals surface area contributed by atoms with Gasteiger partial charge in [-0.05, 0) is 62.6 Å². The van der Waals surface area contributed by atoms with Crippen molar-refractivity contribution in [2.75, 3.05) is 11.9 Å². The van der Waals surface area contributed by atoms with Crippen LogP contribution in [0.25, 0.3) is 0 Å². The number of amides is 2. The van der Waals surface area contributed by atoms with Crippen LogP contribution in [-0.4, -0.2) is 23.3 Å². The van der Waals surface area contributed by atoms with Gasteiger partial charge in [0.1, 0.15) is 11.4 Å². The summed E-state index contributed by atoms with van der Waals surface area (Å²) in [4.78, 5) is 11.9. The molecule has 3 N–H and O–H groups in total. The van der Waals surface area contributed by atoms with Gasteiger partial charge in [0, 0.05) is 12.2 Å². The van der Waals surface area contributed by atoms with Crippen LogP contribution in [-0.2, 0) is 13.0 Å². The fourth-order valence-electron chi connectivity index (χ4n) is 2.27. The first-order valence-corrected chi connectivity index (χ1v) is 8.38. The molecule has 0 unspecified atom stereocenters. The largest absolute Gasteiger partial charge is 0.488 e. The Hall–Kier alpha value is -2.53. The summed E-state index contributed by atoms with van der Waals surface area (Å²) in [5, 5.41) is 14.6. The first-order valence-electron chi connectivity index (χ1n) is 8.38. The summed E-state index contributed by atoms with van der Waals surface area (Å²) in [5.41, 5.74) is 2.46. The predicted molar refractivity (Wildman–Crippen MR) is 99.9 cm³/mol. The van der Waals surface area contributed by atoms with Crippen LogP contribution in [0.2, 0.25) is 0 Å². The summed E-state index contributed by atoms with van der Waals surface area (Å²) in [6.07, 6.45) is 0.734. The van der Waals surface area contributed by atoms with E-state index in [2.05, 4.69) is 10.6 Å². The summed E-state index contributed by atoms with van der Waals surface area (Å²) in [6, 6.07) is 14.7. The zero-order valence-corrected chi connectivity index (χ0v) is 15.0. The number of carbonyl (C=O) groups excluding carboxylic acids is 1. The van der Waals surface area contributed by atoms with Gasteiger partial charge in [-0.25, -0.2) is 4.79 Å². The Labute approximate surface area is 149 Å². The SMILES string of the molecule is CC(C)(C)Oc1ccc(NC(=O)NCCc2ccc(CO)cc2)cc1. The van der Waals surface area contributed by atoms with Crippen molar-refractivity contribution in [2.24, 2.45) is 0 Å². The lowest BCUT2D eigenvalue weighted by molar-refractivity contribution is 0.131. The number of hydrogen-bond acceptors (Lipinski definition) is 3. The molecule has 0 saturated carbocycles. The highest BCUT2D eigenvalue weighted by Gasteiger charge is 2.11. The third-order valence-electron chi connectivity index (χ3n) is 3.44. The second-order valence-electron chi connectivity index (χ2n) is 6.84. The van der Waals surface area contributed by atoms with Gasteiger partial charge in [0.05, 0.1) is 6.61 Å². The monoisotopic (exact) mass is 342 g/mol. The number of benzene rings is 2. The Morgan fingerprint density at radius 1 is 1.00 bits per heavy atom. The van der Waals surface area contributed by atoms with Gasteiger partial charge in [0.2, 0.25) is 0 Å². The summed E-state index contributed by atoms with van der Waals surface area (Å²) in [7, 11) is 0. The molecule has 25 heavy (non-hydrogen) atoms. The third kappa shape index (κ3) is 6.85. The van der Waals surface area contributed by atoms with Gasteiger partial charge in [-0.15, -0.1) is 0 Å². The third-order valence-corrected chi connectivity index (χ3v) is 3.44. The van der Waals surface area contributed by atoms with Crippen molar-refractivity contribution in [3.05, 3.63) is 59.7 Å². The van der Waals surface area contributed by atoms with E-state index in [0.29, 0.717) is 12.2 Å². The van der Waals surface area contributed by atoms with Crippen molar-refractivity contribution in [3.8, 4) is 5.75 Å². The molecule has 2 aromatic rings. The van der Waals surface area contributed by atoms with Gasteiger partial charge in [0.25, 0.3) is 0 Å². The van der Waals surface area contributed by atoms with Crippen molar-refractivity contribution < 1.29 is 14.6 Å². The smallest absolute Gasteiger partial charge is 0.319 e. The highest BCUT2D eigenvalue weighted by Crippen LogP contribution is 2.20. The minimum absolute atomic E-state index is 0.0422. The normalized spacial score (nSPS) is 11.0. The topological polar surface area (TPSA) is 70.6 Å². The number of rotatable bonds is 6. The predicted octanol–water partition coefficient (Wildman–Crippen LogP) is 3.72. The summed E-state index contributed by atoms with van der Waals surface area (Å²) in [5.74, 6) is 0.768. The maximum absolute atomic E-state index is 11.9. The Morgan fingerprint density at radius 2 is 1.60 bits per heavy atom. The lowest BCUT2D eigenvalue weighted by atomic mass is 10.1. The molecule has 0 bridgehead atoms. The first-order chi connectivity index (χ1) is 11.9. The number of aliphatic hydroxyl groups excluding tert-OH is 1. The van der Waals surface area contributed by atoms with Crippen LogP contribution in [0.3, 0.4) is 0 Å². The lowest BCUT2D eigenvalue weighted by Crippen LogP contribution is -2.30. The maximum Gasteiger partial charge on any atom is 0.319 e. The minimum atomic E-state index is -0.248. The van der Waals surface area contributed by atoms with E-state index in [9.17, 15) is 4.79 Å². The van der Waals surface area contributed by atoms with Crippen molar-refractivity contribution in [2.45, 2.75) is 39.4 Å². The summed E-state index contributed by atoms with van der Waals surface area (Å²) >= 11 is 0. The number of nitrogens with one attached hydrogen (secondary N) is 2. The van der Waals surface area contributed by atoms with Gasteiger partial charge < -0.3 is 20.5 Å². The summed E-state index contributed by atoms with van der Waals surface area (Å²) in [6.45, 7) is 6.55. The zero-order valence-electron chi connectivity index (χ0n) is 15.0. The molecule has 0 aliphatic heterocycles. The fourth-order valence-corrected chi connectivity index (χ4v) is 2.27. The average molecular weight is 342 g/mol. The van der Waals surface area contributed by atoms with Crippen LogP contribution in [0.4, 0.5) is 10.5 Å². The number of carbonyl (C=O) groups is 1. The molecule has 0 fully saturated rings. The second-order valence-corrected chi connectivity index (χ2v) is 6.84. The standard InChI is InChI=1S/C20H26N2O3/c1-20(2,3)25-18-10-8-17(9-11-18)22-19(24)21-13-12-15-4-6-16(14-23)7-5-15/h4-11,23H,12-14H2,1-3H3,(H2,21,22,24). The molecule has 0 radical (unpaired) electrons. The van der Waals surface area contributed by atoms with Crippen molar-refractivity contribution in [1.82, 2.24) is 5.32 Å². The van der Waals surface area contributed by atoms with Gasteiger partial charge in [-0.2, -0.15) is 0 Å². The van der Waals surface area contributed by atoms with E-state index in [1.165, 1.54) is 0 Å². The van der Waals surface area contributed by atoms with Gasteiger partial charge in [-0.3, -0.25) is 0 Å². The molecule has 0 aliphatic rings. The lowest BCUT2D eigenvalue weighted by Gasteiger charge is -2.21. The molecule has 2 rings (SSSR count). The molecule has 5 nitrogen and oxygen atoms in total. The number of aliphatic hydroxyl groups is 1. The van der Waals surface area contributed by atoms with Gasteiger partial charge in [-0.1, -0.05) is 24.3 Å². The molecule has 0 aliphatic carbocycles. The Morgan fingerprint density at radius 3 is 2.16 bits per heavy atom. The molecule has 0 atom stereocenters. The molecule has 0 saturated heterocycles. The zero-order chi connectivity index (χ0) is 18.3. The number of urea groups is 1. The molecular formula is C20H26N2O3. The van der Waals surface area contributed by atoms with Crippen LogP contribution >= 0.6 is 0 Å². The van der Waals surface area contributed by atoms with Crippen LogP contribution in [0.15, 0.2) is 48.5 Å². The van der Waals surface area contributed by atoms with Crippen molar-refractivity contribution >= 4 is 11.7 Å². The molecule has 0 heterocycles. The second kappa shape index (κ2) is 8.53. The fraction of sp³-hybridized carbons (Fsp3) is 0.350. The number of ether oxygens (including phenoxy) is 1. The molecule has 0 spiro atoms. The quantitative estimate of drug-likeness (QED) is 0.749. The van der Waals surface area contributed by atoms with Crippen molar-refractivity contribution in [3.63, 3.8) is 0 Å². The average Bonchev–Trinajstić information content (AvgIpc) is 2.56. The maximum atomic E-state index is 11.9. The van der Waals surface area contributed by atoms with E-state index in [1.54, 1.807) is 0 Å². The molecule has 2 amide bonds. The van der Waals surface area contributed by atoms with Crippen LogP contribution in [0.1, 0.15) is 31.9 Å². The van der Waals surface area contributed by atoms with E-state index in [4.69, 9.17) is 9.84 Å². The van der Waals surface area contributed by atoms with E-state index >= 15 is 0 Å². The minimum Gasteiger partial charge on any atom is -0.488 e. The molecule has 2 aromatic carbocycles. The number of hydrogen-bond donors (Lipinski definition) is 3. The van der Waals surface area contributed by atoms with E-state index in [-0.39, 0.29) is 18.2 Å². The van der Waals surface area contributed by atoms with Crippen LogP contribution in [0, 0.1) is 0 Å². The van der Waals surface area contributed by atoms with E-state index < -0.39 is 0 Å². The molecule has 0 aromatic heterocycles. The number of anilines is 1. The highest BCUT2D eigenvalue weighted by molar-refractivity contribution is 5.89. The molecular weight excluding hydrogens is 316 g/mol. The Balaban J connectivity index is 1.76.